The highest BCUT2D eigenvalue weighted by atomic mass is 16.5. The lowest BCUT2D eigenvalue weighted by molar-refractivity contribution is -0.137. The van der Waals surface area contributed by atoms with E-state index in [2.05, 4.69) is 11.7 Å². The molecule has 4 heteroatoms. The van der Waals surface area contributed by atoms with Gasteiger partial charge in [0.05, 0.1) is 6.61 Å². The number of carbonyl (C=O) groups excluding carboxylic acids is 1. The third-order valence-corrected chi connectivity index (χ3v) is 0.606. The van der Waals surface area contributed by atoms with E-state index in [9.17, 15) is 9.59 Å². The molecule has 0 aliphatic heterocycles. The van der Waals surface area contributed by atoms with Crippen LogP contribution in [0.15, 0.2) is 12.2 Å². The van der Waals surface area contributed by atoms with Crippen LogP contribution in [0.2, 0.25) is 0 Å². The summed E-state index contributed by atoms with van der Waals surface area (Å²) in [5, 5.41) is 8.02. The Kier molecular flexibility index (Phi) is 3.95. The first-order valence-corrected chi connectivity index (χ1v) is 2.54. The Morgan fingerprint density at radius 1 is 1.50 bits per heavy atom. The van der Waals surface area contributed by atoms with Crippen LogP contribution in [0.5, 0.6) is 0 Å². The molecule has 0 unspecified atom stereocenters. The Hall–Kier alpha value is -1.32. The van der Waals surface area contributed by atoms with Crippen LogP contribution in [0.3, 0.4) is 0 Å². The quantitative estimate of drug-likeness (QED) is 0.446. The highest BCUT2D eigenvalue weighted by molar-refractivity contribution is 5.90. The summed E-state index contributed by atoms with van der Waals surface area (Å²) in [5.41, 5.74) is 0. The monoisotopic (exact) mass is 143 g/mol. The number of aliphatic carboxylic acids is 1. The van der Waals surface area contributed by atoms with E-state index in [1.54, 1.807) is 0 Å². The van der Waals surface area contributed by atoms with Gasteiger partial charge in [0.15, 0.2) is 0 Å². The molecule has 0 saturated carbocycles. The molecule has 0 aliphatic carbocycles. The van der Waals surface area contributed by atoms with Gasteiger partial charge in [0.2, 0.25) is 0 Å². The Bertz CT molecular complexity index is 159. The molecule has 0 saturated heterocycles. The smallest absolute Gasteiger partial charge is 0.331 e. The number of carboxylic acid groups (broad SMARTS) is 1. The number of carboxylic acids is 1. The van der Waals surface area contributed by atoms with Crippen LogP contribution in [0, 0.1) is 6.92 Å². The molecule has 0 fully saturated rings. The van der Waals surface area contributed by atoms with Crippen LogP contribution in [-0.2, 0) is 14.3 Å². The highest BCUT2D eigenvalue weighted by Crippen LogP contribution is 1.79. The molecule has 0 amide bonds. The van der Waals surface area contributed by atoms with Crippen molar-refractivity contribution in [2.75, 3.05) is 6.61 Å². The molecule has 0 heterocycles. The van der Waals surface area contributed by atoms with Gasteiger partial charge in [-0.2, -0.15) is 0 Å². The minimum absolute atomic E-state index is 0.00277. The fraction of sp³-hybridized carbons (Fsp3) is 0.167. The minimum atomic E-state index is -1.18. The van der Waals surface area contributed by atoms with Gasteiger partial charge in [-0.05, 0) is 6.92 Å². The molecule has 0 aromatic rings. The molecule has 4 nitrogen and oxygen atoms in total. The van der Waals surface area contributed by atoms with E-state index >= 15 is 0 Å². The van der Waals surface area contributed by atoms with Crippen molar-refractivity contribution >= 4 is 11.9 Å². The van der Waals surface area contributed by atoms with Crippen LogP contribution in [0.4, 0.5) is 0 Å². The lowest BCUT2D eigenvalue weighted by Crippen LogP contribution is -2.00. The molecule has 0 atom stereocenters. The lowest BCUT2D eigenvalue weighted by Gasteiger charge is -1.91. The maximum atomic E-state index is 10.3. The molecular formula is C6H7O4. The second-order valence-corrected chi connectivity index (χ2v) is 1.34. The normalized spacial score (nSPS) is 9.70. The molecule has 1 radical (unpaired) electrons. The van der Waals surface area contributed by atoms with E-state index in [4.69, 9.17) is 5.11 Å². The molecule has 0 aliphatic rings. The predicted octanol–water partition coefficient (Wildman–Crippen LogP) is 0.00449. The average molecular weight is 143 g/mol. The van der Waals surface area contributed by atoms with Gasteiger partial charge in [-0.15, -0.1) is 0 Å². The van der Waals surface area contributed by atoms with Gasteiger partial charge in [0.1, 0.15) is 0 Å². The van der Waals surface area contributed by atoms with Crippen molar-refractivity contribution in [1.29, 1.82) is 0 Å². The fourth-order valence-electron chi connectivity index (χ4n) is 0.288. The second kappa shape index (κ2) is 4.55. The Labute approximate surface area is 58.1 Å². The summed E-state index contributed by atoms with van der Waals surface area (Å²) in [6.07, 6.45) is 1.53. The number of hydrogen-bond acceptors (Lipinski definition) is 3. The molecule has 0 spiro atoms. The maximum Gasteiger partial charge on any atom is 0.331 e. The van der Waals surface area contributed by atoms with Gasteiger partial charge in [-0.1, -0.05) is 0 Å². The topological polar surface area (TPSA) is 63.6 Å². The highest BCUT2D eigenvalue weighted by Gasteiger charge is 1.94. The molecule has 0 aromatic carbocycles. The Morgan fingerprint density at radius 3 is 2.50 bits per heavy atom. The van der Waals surface area contributed by atoms with E-state index in [-0.39, 0.29) is 6.61 Å². The zero-order chi connectivity index (χ0) is 7.98. The van der Waals surface area contributed by atoms with Crippen LogP contribution in [0.1, 0.15) is 0 Å². The number of carbonyl (C=O) groups is 2. The van der Waals surface area contributed by atoms with Gasteiger partial charge in [0.25, 0.3) is 0 Å². The standard InChI is InChI=1S/C6H7O4/c1-2-10-6(9)4-3-5(7)8/h3-4H,1-2H2,(H,7,8)/b4-3-. The molecule has 1 N–H and O–H groups in total. The van der Waals surface area contributed by atoms with Crippen LogP contribution < -0.4 is 0 Å². The molecule has 0 aromatic heterocycles. The van der Waals surface area contributed by atoms with Gasteiger partial charge < -0.3 is 9.84 Å². The zero-order valence-electron chi connectivity index (χ0n) is 5.24. The largest absolute Gasteiger partial charge is 0.478 e. The van der Waals surface area contributed by atoms with Gasteiger partial charge in [0, 0.05) is 12.2 Å². The zero-order valence-corrected chi connectivity index (χ0v) is 5.24. The number of rotatable bonds is 3. The van der Waals surface area contributed by atoms with Crippen LogP contribution >= 0.6 is 0 Å². The minimum Gasteiger partial charge on any atom is -0.478 e. The van der Waals surface area contributed by atoms with Crippen molar-refractivity contribution in [3.63, 3.8) is 0 Å². The number of hydrogen-bond donors (Lipinski definition) is 1. The van der Waals surface area contributed by atoms with Crippen molar-refractivity contribution in [3.8, 4) is 0 Å². The van der Waals surface area contributed by atoms with Gasteiger partial charge in [-0.3, -0.25) is 0 Å². The first-order chi connectivity index (χ1) is 4.66. The third kappa shape index (κ3) is 4.83. The Morgan fingerprint density at radius 2 is 2.10 bits per heavy atom. The van der Waals surface area contributed by atoms with Gasteiger partial charge >= 0.3 is 11.9 Å². The van der Waals surface area contributed by atoms with E-state index < -0.39 is 11.9 Å². The van der Waals surface area contributed by atoms with Crippen molar-refractivity contribution in [1.82, 2.24) is 0 Å². The predicted molar refractivity (Wildman–Crippen MR) is 33.1 cm³/mol. The molecule has 0 rings (SSSR count). The summed E-state index contributed by atoms with van der Waals surface area (Å²) in [4.78, 5) is 20.1. The maximum absolute atomic E-state index is 10.3. The molecule has 0 bridgehead atoms. The van der Waals surface area contributed by atoms with Crippen LogP contribution in [0.25, 0.3) is 0 Å². The summed E-state index contributed by atoms with van der Waals surface area (Å²) in [5.74, 6) is -1.88. The van der Waals surface area contributed by atoms with Crippen molar-refractivity contribution in [3.05, 3.63) is 19.1 Å². The lowest BCUT2D eigenvalue weighted by atomic mass is 10.5. The first-order valence-electron chi connectivity index (χ1n) is 2.54. The molecular weight excluding hydrogens is 136 g/mol. The van der Waals surface area contributed by atoms with E-state index in [1.807, 2.05) is 0 Å². The molecule has 55 valence electrons. The van der Waals surface area contributed by atoms with Crippen LogP contribution in [-0.4, -0.2) is 23.7 Å². The van der Waals surface area contributed by atoms with Crippen molar-refractivity contribution < 1.29 is 19.4 Å². The number of esters is 1. The SMILES string of the molecule is [CH2]COC(=O)/C=C\C(=O)O. The van der Waals surface area contributed by atoms with Crippen molar-refractivity contribution in [2.24, 2.45) is 0 Å². The molecule has 10 heavy (non-hydrogen) atoms. The first kappa shape index (κ1) is 8.68. The van der Waals surface area contributed by atoms with E-state index in [0.29, 0.717) is 6.08 Å². The summed E-state index contributed by atoms with van der Waals surface area (Å²) < 4.78 is 4.29. The fourth-order valence-corrected chi connectivity index (χ4v) is 0.288. The Balaban J connectivity index is 3.67. The summed E-state index contributed by atoms with van der Waals surface area (Å²) in [7, 11) is 0. The summed E-state index contributed by atoms with van der Waals surface area (Å²) in [6.45, 7) is 3.23. The second-order valence-electron chi connectivity index (χ2n) is 1.34. The average Bonchev–Trinajstić information content (AvgIpc) is 1.85. The third-order valence-electron chi connectivity index (χ3n) is 0.606. The van der Waals surface area contributed by atoms with E-state index in [1.165, 1.54) is 0 Å². The van der Waals surface area contributed by atoms with E-state index in [0.717, 1.165) is 6.08 Å². The summed E-state index contributed by atoms with van der Waals surface area (Å²) >= 11 is 0. The summed E-state index contributed by atoms with van der Waals surface area (Å²) in [6, 6.07) is 0. The van der Waals surface area contributed by atoms with Gasteiger partial charge in [-0.25, -0.2) is 9.59 Å². The number of ether oxygens (including phenoxy) is 1. The van der Waals surface area contributed by atoms with Crippen molar-refractivity contribution in [2.45, 2.75) is 0 Å².